The molecule has 0 spiro atoms. The molecule has 0 atom stereocenters. The van der Waals surface area contributed by atoms with E-state index in [1.807, 2.05) is 23.6 Å². The van der Waals surface area contributed by atoms with E-state index in [-0.39, 0.29) is 0 Å². The molecule has 0 radical (unpaired) electrons. The van der Waals surface area contributed by atoms with E-state index < -0.39 is 0 Å². The molecule has 0 bridgehead atoms. The van der Waals surface area contributed by atoms with Gasteiger partial charge in [-0.15, -0.1) is 11.3 Å². The van der Waals surface area contributed by atoms with Crippen molar-refractivity contribution in [3.63, 3.8) is 0 Å². The maximum absolute atomic E-state index is 6.13. The first-order valence-corrected chi connectivity index (χ1v) is 7.88. The van der Waals surface area contributed by atoms with Crippen LogP contribution in [0.3, 0.4) is 0 Å². The SMILES string of the molecule is NCCc1cc(-c2noc(-c3sccc3Cl)n2)ccc1Cl. The Morgan fingerprint density at radius 3 is 2.76 bits per heavy atom. The van der Waals surface area contributed by atoms with Gasteiger partial charge in [0.2, 0.25) is 5.82 Å². The molecule has 2 heterocycles. The van der Waals surface area contributed by atoms with Crippen molar-refractivity contribution in [2.75, 3.05) is 6.54 Å². The summed E-state index contributed by atoms with van der Waals surface area (Å²) in [6.07, 6.45) is 0.703. The summed E-state index contributed by atoms with van der Waals surface area (Å²) >= 11 is 13.7. The molecule has 2 aromatic heterocycles. The monoisotopic (exact) mass is 339 g/mol. The van der Waals surface area contributed by atoms with E-state index in [0.717, 1.165) is 16.0 Å². The number of halogens is 2. The fraction of sp³-hybridized carbons (Fsp3) is 0.143. The van der Waals surface area contributed by atoms with Crippen LogP contribution in [-0.4, -0.2) is 16.7 Å². The lowest BCUT2D eigenvalue weighted by Crippen LogP contribution is -2.03. The Labute approximate surface area is 135 Å². The van der Waals surface area contributed by atoms with Gasteiger partial charge in [-0.2, -0.15) is 4.98 Å². The highest BCUT2D eigenvalue weighted by atomic mass is 35.5. The third kappa shape index (κ3) is 2.96. The number of aromatic nitrogens is 2. The van der Waals surface area contributed by atoms with Crippen LogP contribution >= 0.6 is 34.5 Å². The van der Waals surface area contributed by atoms with E-state index in [1.54, 1.807) is 6.07 Å². The molecule has 3 aromatic rings. The highest BCUT2D eigenvalue weighted by Gasteiger charge is 2.15. The Morgan fingerprint density at radius 1 is 1.19 bits per heavy atom. The van der Waals surface area contributed by atoms with Crippen molar-refractivity contribution in [1.29, 1.82) is 0 Å². The van der Waals surface area contributed by atoms with Gasteiger partial charge < -0.3 is 10.3 Å². The summed E-state index contributed by atoms with van der Waals surface area (Å²) in [4.78, 5) is 5.16. The normalized spacial score (nSPS) is 11.0. The molecule has 0 aliphatic heterocycles. The second-order valence-corrected chi connectivity index (χ2v) is 6.10. The van der Waals surface area contributed by atoms with Crippen molar-refractivity contribution in [2.24, 2.45) is 5.73 Å². The van der Waals surface area contributed by atoms with Gasteiger partial charge in [0.25, 0.3) is 5.89 Å². The van der Waals surface area contributed by atoms with Crippen LogP contribution in [0.15, 0.2) is 34.2 Å². The van der Waals surface area contributed by atoms with E-state index in [1.165, 1.54) is 11.3 Å². The van der Waals surface area contributed by atoms with Crippen molar-refractivity contribution in [3.8, 4) is 22.2 Å². The number of benzene rings is 1. The number of nitrogens with two attached hydrogens (primary N) is 1. The van der Waals surface area contributed by atoms with Crippen LogP contribution in [-0.2, 0) is 6.42 Å². The Morgan fingerprint density at radius 2 is 2.05 bits per heavy atom. The van der Waals surface area contributed by atoms with Gasteiger partial charge in [-0.1, -0.05) is 28.4 Å². The minimum absolute atomic E-state index is 0.417. The van der Waals surface area contributed by atoms with E-state index in [2.05, 4.69) is 10.1 Å². The molecule has 0 unspecified atom stereocenters. The zero-order chi connectivity index (χ0) is 14.8. The van der Waals surface area contributed by atoms with Gasteiger partial charge in [-0.3, -0.25) is 0 Å². The molecule has 0 aliphatic carbocycles. The Bertz CT molecular complexity index is 769. The van der Waals surface area contributed by atoms with Crippen LogP contribution in [0.1, 0.15) is 5.56 Å². The van der Waals surface area contributed by atoms with Gasteiger partial charge in [0.1, 0.15) is 4.88 Å². The van der Waals surface area contributed by atoms with Gasteiger partial charge in [0.15, 0.2) is 0 Å². The van der Waals surface area contributed by atoms with E-state index in [4.69, 9.17) is 33.5 Å². The molecular formula is C14H11Cl2N3OS. The van der Waals surface area contributed by atoms with E-state index >= 15 is 0 Å². The second kappa shape index (κ2) is 6.15. The zero-order valence-electron chi connectivity index (χ0n) is 10.8. The third-order valence-electron chi connectivity index (χ3n) is 2.96. The lowest BCUT2D eigenvalue weighted by molar-refractivity contribution is 0.433. The van der Waals surface area contributed by atoms with Crippen LogP contribution in [0.2, 0.25) is 10.0 Å². The summed E-state index contributed by atoms with van der Waals surface area (Å²) in [5, 5.41) is 7.18. The lowest BCUT2D eigenvalue weighted by atomic mass is 10.1. The largest absolute Gasteiger partial charge is 0.333 e. The molecule has 7 heteroatoms. The fourth-order valence-electron chi connectivity index (χ4n) is 1.94. The summed E-state index contributed by atoms with van der Waals surface area (Å²) in [5.74, 6) is 0.921. The lowest BCUT2D eigenvalue weighted by Gasteiger charge is -2.03. The first-order chi connectivity index (χ1) is 10.2. The van der Waals surface area contributed by atoms with Gasteiger partial charge >= 0.3 is 0 Å². The molecule has 21 heavy (non-hydrogen) atoms. The van der Waals surface area contributed by atoms with Crippen LogP contribution in [0.25, 0.3) is 22.2 Å². The van der Waals surface area contributed by atoms with Gasteiger partial charge in [0.05, 0.1) is 5.02 Å². The van der Waals surface area contributed by atoms with Gasteiger partial charge in [0, 0.05) is 10.6 Å². The molecule has 3 rings (SSSR count). The smallest absolute Gasteiger partial charge is 0.269 e. The summed E-state index contributed by atoms with van der Waals surface area (Å²) in [6.45, 7) is 0.533. The predicted molar refractivity (Wildman–Crippen MR) is 85.8 cm³/mol. The molecule has 2 N–H and O–H groups in total. The maximum atomic E-state index is 6.13. The summed E-state index contributed by atoms with van der Waals surface area (Å²) < 4.78 is 5.28. The number of hydrogen-bond acceptors (Lipinski definition) is 5. The number of rotatable bonds is 4. The second-order valence-electron chi connectivity index (χ2n) is 4.37. The highest BCUT2D eigenvalue weighted by Crippen LogP contribution is 2.33. The van der Waals surface area contributed by atoms with Crippen molar-refractivity contribution in [2.45, 2.75) is 6.42 Å². The zero-order valence-corrected chi connectivity index (χ0v) is 13.2. The van der Waals surface area contributed by atoms with Crippen LogP contribution < -0.4 is 5.73 Å². The van der Waals surface area contributed by atoms with E-state index in [9.17, 15) is 0 Å². The van der Waals surface area contributed by atoms with Crippen LogP contribution in [0, 0.1) is 0 Å². The molecule has 0 aliphatic rings. The van der Waals surface area contributed by atoms with Gasteiger partial charge in [-0.05, 0) is 48.2 Å². The quantitative estimate of drug-likeness (QED) is 0.770. The highest BCUT2D eigenvalue weighted by molar-refractivity contribution is 7.14. The fourth-order valence-corrected chi connectivity index (χ4v) is 3.21. The topological polar surface area (TPSA) is 64.9 Å². The van der Waals surface area contributed by atoms with Crippen molar-refractivity contribution in [3.05, 3.63) is 45.3 Å². The van der Waals surface area contributed by atoms with Crippen LogP contribution in [0.5, 0.6) is 0 Å². The molecule has 0 saturated carbocycles. The Balaban J connectivity index is 1.97. The standard InChI is InChI=1S/C14H11Cl2N3OS/c15-10-2-1-9(7-8(10)3-5-17)13-18-14(20-19-13)12-11(16)4-6-21-12/h1-2,4,6-7H,3,5,17H2. The molecule has 1 aromatic carbocycles. The molecule has 4 nitrogen and oxygen atoms in total. The molecule has 0 amide bonds. The van der Waals surface area contributed by atoms with Gasteiger partial charge in [-0.25, -0.2) is 0 Å². The van der Waals surface area contributed by atoms with Crippen LogP contribution in [0.4, 0.5) is 0 Å². The first-order valence-electron chi connectivity index (χ1n) is 6.25. The molecule has 108 valence electrons. The average Bonchev–Trinajstić information content (AvgIpc) is 3.10. The summed E-state index contributed by atoms with van der Waals surface area (Å²) in [5.41, 5.74) is 7.39. The van der Waals surface area contributed by atoms with Crippen molar-refractivity contribution in [1.82, 2.24) is 10.1 Å². The van der Waals surface area contributed by atoms with Crippen molar-refractivity contribution >= 4 is 34.5 Å². The third-order valence-corrected chi connectivity index (χ3v) is 4.65. The Kier molecular flexibility index (Phi) is 4.26. The number of hydrogen-bond donors (Lipinski definition) is 1. The number of thiophene rings is 1. The first kappa shape index (κ1) is 14.5. The minimum atomic E-state index is 0.417. The number of nitrogens with zero attached hydrogens (tertiary/aromatic N) is 2. The molecule has 0 saturated heterocycles. The maximum Gasteiger partial charge on any atom is 0.269 e. The predicted octanol–water partition coefficient (Wildman–Crippen LogP) is 4.27. The Hall–Kier alpha value is -1.40. The summed E-state index contributed by atoms with van der Waals surface area (Å²) in [7, 11) is 0. The average molecular weight is 340 g/mol. The minimum Gasteiger partial charge on any atom is -0.333 e. The van der Waals surface area contributed by atoms with Crippen molar-refractivity contribution < 1.29 is 4.52 Å². The summed E-state index contributed by atoms with van der Waals surface area (Å²) in [6, 6.07) is 7.40. The van der Waals surface area contributed by atoms with E-state index in [0.29, 0.717) is 34.7 Å². The molecular weight excluding hydrogens is 329 g/mol. The molecule has 0 fully saturated rings.